The molecule has 0 spiro atoms. The third-order valence-electron chi connectivity index (χ3n) is 3.16. The first-order chi connectivity index (χ1) is 8.06. The Hall–Kier alpha value is -1.09. The standard InChI is InChI=1S/C13H19ClN2O/c1-4-13(5-2,9-14)16-12(17)11-7-6-10(3)15-8-11/h6-8H,4-5,9H2,1-3H3,(H,16,17). The monoisotopic (exact) mass is 254 g/mol. The lowest BCUT2D eigenvalue weighted by atomic mass is 9.95. The molecule has 0 fully saturated rings. The Labute approximate surface area is 108 Å². The van der Waals surface area contributed by atoms with Crippen LogP contribution in [0.1, 0.15) is 42.7 Å². The third-order valence-corrected chi connectivity index (χ3v) is 3.67. The number of hydrogen-bond donors (Lipinski definition) is 1. The average molecular weight is 255 g/mol. The average Bonchev–Trinajstić information content (AvgIpc) is 2.37. The Kier molecular flexibility index (Phi) is 4.94. The van der Waals surface area contributed by atoms with Gasteiger partial charge < -0.3 is 5.32 Å². The number of nitrogens with one attached hydrogen (secondary N) is 1. The van der Waals surface area contributed by atoms with Gasteiger partial charge in [-0.25, -0.2) is 0 Å². The Balaban J connectivity index is 2.81. The Morgan fingerprint density at radius 3 is 2.47 bits per heavy atom. The summed E-state index contributed by atoms with van der Waals surface area (Å²) in [6.45, 7) is 5.95. The number of carbonyl (C=O) groups is 1. The van der Waals surface area contributed by atoms with Gasteiger partial charge in [0, 0.05) is 17.8 Å². The van der Waals surface area contributed by atoms with Crippen molar-refractivity contribution in [2.24, 2.45) is 0 Å². The zero-order chi connectivity index (χ0) is 12.9. The minimum Gasteiger partial charge on any atom is -0.345 e. The summed E-state index contributed by atoms with van der Waals surface area (Å²) in [5, 5.41) is 3.00. The van der Waals surface area contributed by atoms with Crippen molar-refractivity contribution in [2.75, 3.05) is 5.88 Å². The predicted molar refractivity (Wildman–Crippen MR) is 70.5 cm³/mol. The number of nitrogens with zero attached hydrogens (tertiary/aromatic N) is 1. The maximum Gasteiger partial charge on any atom is 0.253 e. The molecule has 0 aliphatic heterocycles. The van der Waals surface area contributed by atoms with Gasteiger partial charge in [0.05, 0.1) is 11.1 Å². The van der Waals surface area contributed by atoms with Gasteiger partial charge in [0.15, 0.2) is 0 Å². The predicted octanol–water partition coefficient (Wildman–Crippen LogP) is 2.92. The quantitative estimate of drug-likeness (QED) is 0.821. The van der Waals surface area contributed by atoms with Crippen LogP contribution in [0.5, 0.6) is 0 Å². The van der Waals surface area contributed by atoms with Crippen LogP contribution in [0.15, 0.2) is 18.3 Å². The van der Waals surface area contributed by atoms with Gasteiger partial charge in [-0.3, -0.25) is 9.78 Å². The Bertz CT molecular complexity index is 363. The largest absolute Gasteiger partial charge is 0.345 e. The van der Waals surface area contributed by atoms with Crippen molar-refractivity contribution in [3.8, 4) is 0 Å². The molecule has 4 heteroatoms. The lowest BCUT2D eigenvalue weighted by Crippen LogP contribution is -2.49. The molecule has 0 atom stereocenters. The number of rotatable bonds is 5. The molecule has 0 saturated carbocycles. The van der Waals surface area contributed by atoms with Crippen molar-refractivity contribution < 1.29 is 4.79 Å². The fraction of sp³-hybridized carbons (Fsp3) is 0.538. The number of carbonyl (C=O) groups excluding carboxylic acids is 1. The van der Waals surface area contributed by atoms with Crippen LogP contribution in [0.25, 0.3) is 0 Å². The van der Waals surface area contributed by atoms with Crippen LogP contribution in [0.3, 0.4) is 0 Å². The van der Waals surface area contributed by atoms with E-state index >= 15 is 0 Å². The second-order valence-electron chi connectivity index (χ2n) is 4.26. The first-order valence-electron chi connectivity index (χ1n) is 5.88. The number of alkyl halides is 1. The van der Waals surface area contributed by atoms with Crippen LogP contribution in [0.2, 0.25) is 0 Å². The molecule has 0 unspecified atom stereocenters. The Morgan fingerprint density at radius 2 is 2.06 bits per heavy atom. The van der Waals surface area contributed by atoms with E-state index in [4.69, 9.17) is 11.6 Å². The van der Waals surface area contributed by atoms with E-state index in [1.165, 1.54) is 0 Å². The molecule has 1 N–H and O–H groups in total. The van der Waals surface area contributed by atoms with Crippen LogP contribution in [0.4, 0.5) is 0 Å². The minimum absolute atomic E-state index is 0.109. The molecule has 0 aliphatic carbocycles. The SMILES string of the molecule is CCC(CC)(CCl)NC(=O)c1ccc(C)nc1. The van der Waals surface area contributed by atoms with E-state index < -0.39 is 0 Å². The van der Waals surface area contributed by atoms with E-state index in [-0.39, 0.29) is 11.4 Å². The smallest absolute Gasteiger partial charge is 0.253 e. The minimum atomic E-state index is -0.316. The summed E-state index contributed by atoms with van der Waals surface area (Å²) in [7, 11) is 0. The summed E-state index contributed by atoms with van der Waals surface area (Å²) in [6, 6.07) is 3.61. The van der Waals surface area contributed by atoms with Crippen LogP contribution in [-0.2, 0) is 0 Å². The topological polar surface area (TPSA) is 42.0 Å². The normalized spacial score (nSPS) is 11.3. The lowest BCUT2D eigenvalue weighted by molar-refractivity contribution is 0.0902. The van der Waals surface area contributed by atoms with Gasteiger partial charge in [-0.05, 0) is 31.9 Å². The fourth-order valence-electron chi connectivity index (χ4n) is 1.56. The van der Waals surface area contributed by atoms with Crippen LogP contribution < -0.4 is 5.32 Å². The number of hydrogen-bond acceptors (Lipinski definition) is 2. The summed E-state index contributed by atoms with van der Waals surface area (Å²) in [5.74, 6) is 0.312. The highest BCUT2D eigenvalue weighted by Gasteiger charge is 2.27. The molecule has 1 aromatic heterocycles. The van der Waals surface area contributed by atoms with E-state index in [2.05, 4.69) is 10.3 Å². The molecule has 0 aliphatic rings. The zero-order valence-corrected chi connectivity index (χ0v) is 11.3. The van der Waals surface area contributed by atoms with Gasteiger partial charge in [-0.1, -0.05) is 13.8 Å². The molecule has 0 radical (unpaired) electrons. The number of aryl methyl sites for hydroxylation is 1. The summed E-state index contributed by atoms with van der Waals surface area (Å²) < 4.78 is 0. The van der Waals surface area contributed by atoms with Gasteiger partial charge in [0.25, 0.3) is 5.91 Å². The van der Waals surface area contributed by atoms with Crippen LogP contribution in [-0.4, -0.2) is 22.3 Å². The molecule has 94 valence electrons. The van der Waals surface area contributed by atoms with Crippen molar-refractivity contribution >= 4 is 17.5 Å². The third kappa shape index (κ3) is 3.43. The fourth-order valence-corrected chi connectivity index (χ4v) is 2.01. The first kappa shape index (κ1) is 14.0. The highest BCUT2D eigenvalue weighted by molar-refractivity contribution is 6.18. The van der Waals surface area contributed by atoms with Gasteiger partial charge in [-0.15, -0.1) is 11.6 Å². The summed E-state index contributed by atoms with van der Waals surface area (Å²) in [4.78, 5) is 16.2. The molecule has 1 rings (SSSR count). The van der Waals surface area contributed by atoms with Gasteiger partial charge in [0.1, 0.15) is 0 Å². The zero-order valence-electron chi connectivity index (χ0n) is 10.6. The molecule has 1 heterocycles. The summed E-state index contributed by atoms with van der Waals surface area (Å²) >= 11 is 5.95. The number of halogens is 1. The lowest BCUT2D eigenvalue weighted by Gasteiger charge is -2.30. The van der Waals surface area contributed by atoms with Gasteiger partial charge >= 0.3 is 0 Å². The molecule has 17 heavy (non-hydrogen) atoms. The maximum absolute atomic E-state index is 12.0. The van der Waals surface area contributed by atoms with Crippen molar-refractivity contribution in [3.05, 3.63) is 29.6 Å². The summed E-state index contributed by atoms with van der Waals surface area (Å²) in [5.41, 5.74) is 1.16. The van der Waals surface area contributed by atoms with Crippen LogP contribution >= 0.6 is 11.6 Å². The molecular weight excluding hydrogens is 236 g/mol. The van der Waals surface area contributed by atoms with Gasteiger partial charge in [0.2, 0.25) is 0 Å². The number of amides is 1. The van der Waals surface area contributed by atoms with Crippen molar-refractivity contribution in [2.45, 2.75) is 39.2 Å². The molecule has 1 amide bonds. The molecule has 0 bridgehead atoms. The second kappa shape index (κ2) is 6.01. The Morgan fingerprint density at radius 1 is 1.41 bits per heavy atom. The van der Waals surface area contributed by atoms with Crippen LogP contribution in [0, 0.1) is 6.92 Å². The molecule has 3 nitrogen and oxygen atoms in total. The van der Waals surface area contributed by atoms with E-state index in [9.17, 15) is 4.79 Å². The molecule has 0 aromatic carbocycles. The number of pyridine rings is 1. The summed E-state index contributed by atoms with van der Waals surface area (Å²) in [6.07, 6.45) is 3.23. The van der Waals surface area contributed by atoms with Crippen molar-refractivity contribution in [1.29, 1.82) is 0 Å². The van der Waals surface area contributed by atoms with Crippen molar-refractivity contribution in [3.63, 3.8) is 0 Å². The molecule has 0 saturated heterocycles. The first-order valence-corrected chi connectivity index (χ1v) is 6.41. The second-order valence-corrected chi connectivity index (χ2v) is 4.53. The maximum atomic E-state index is 12.0. The van der Waals surface area contributed by atoms with Gasteiger partial charge in [-0.2, -0.15) is 0 Å². The van der Waals surface area contributed by atoms with E-state index in [0.29, 0.717) is 11.4 Å². The number of aromatic nitrogens is 1. The molecule has 1 aromatic rings. The highest BCUT2D eigenvalue weighted by atomic mass is 35.5. The molecular formula is C13H19ClN2O. The van der Waals surface area contributed by atoms with E-state index in [1.54, 1.807) is 12.3 Å². The van der Waals surface area contributed by atoms with E-state index in [0.717, 1.165) is 18.5 Å². The van der Waals surface area contributed by atoms with E-state index in [1.807, 2.05) is 26.8 Å². The highest BCUT2D eigenvalue weighted by Crippen LogP contribution is 2.17. The van der Waals surface area contributed by atoms with Crippen molar-refractivity contribution in [1.82, 2.24) is 10.3 Å².